The number of nitrogens with one attached hydrogen (secondary N) is 1. The molecule has 1 aromatic carbocycles. The van der Waals surface area contributed by atoms with Crippen LogP contribution in [-0.4, -0.2) is 29.4 Å². The van der Waals surface area contributed by atoms with Gasteiger partial charge in [0.05, 0.1) is 5.75 Å². The zero-order chi connectivity index (χ0) is 23.3. The van der Waals surface area contributed by atoms with Crippen LogP contribution in [0, 0.1) is 24.2 Å². The number of hydrogen-bond donors (Lipinski definition) is 1. The molecular formula is C21H20N4O4S3. The highest BCUT2D eigenvalue weighted by atomic mass is 32.2. The van der Waals surface area contributed by atoms with Crippen LogP contribution in [0.15, 0.2) is 61.5 Å². The number of hydrogen-bond acceptors (Lipinski definition) is 9. The molecule has 32 heavy (non-hydrogen) atoms. The van der Waals surface area contributed by atoms with E-state index < -0.39 is 15.7 Å². The van der Waals surface area contributed by atoms with E-state index in [0.29, 0.717) is 10.9 Å². The number of aryl methyl sites for hydroxylation is 1. The zero-order valence-corrected chi connectivity index (χ0v) is 20.0. The minimum absolute atomic E-state index is 0.00598. The number of carbonyl (C=O) groups excluding carboxylic acids is 1. The molecule has 0 aliphatic carbocycles. The van der Waals surface area contributed by atoms with Gasteiger partial charge in [-0.1, -0.05) is 43.3 Å². The summed E-state index contributed by atoms with van der Waals surface area (Å²) in [6.45, 7) is 5.55. The van der Waals surface area contributed by atoms with Gasteiger partial charge in [0.25, 0.3) is 11.1 Å². The molecule has 0 atom stereocenters. The Bertz CT molecular complexity index is 1280. The average molecular weight is 489 g/mol. The maximum absolute atomic E-state index is 12.5. The van der Waals surface area contributed by atoms with Crippen LogP contribution in [0.4, 0.5) is 5.13 Å². The molecule has 1 amide bonds. The number of benzene rings is 1. The van der Waals surface area contributed by atoms with Gasteiger partial charge in [0.2, 0.25) is 15.0 Å². The van der Waals surface area contributed by atoms with Gasteiger partial charge >= 0.3 is 0 Å². The van der Waals surface area contributed by atoms with E-state index in [0.717, 1.165) is 22.0 Å². The fraction of sp³-hybridized carbons (Fsp3) is 0.238. The van der Waals surface area contributed by atoms with E-state index in [9.17, 15) is 18.5 Å². The van der Waals surface area contributed by atoms with Crippen LogP contribution in [0.2, 0.25) is 0 Å². The Morgan fingerprint density at radius 3 is 2.66 bits per heavy atom. The Morgan fingerprint density at radius 2 is 2.00 bits per heavy atom. The lowest BCUT2D eigenvalue weighted by Gasteiger charge is -2.02. The summed E-state index contributed by atoms with van der Waals surface area (Å²) in [5.41, 5.74) is 0.940. The molecule has 0 spiro atoms. The first-order valence-corrected chi connectivity index (χ1v) is 12.7. The topological polar surface area (TPSA) is 126 Å². The summed E-state index contributed by atoms with van der Waals surface area (Å²) in [5.74, 6) is -0.580. The number of rotatable bonds is 8. The highest BCUT2D eigenvalue weighted by molar-refractivity contribution is 7.99. The molecule has 0 unspecified atom stereocenters. The van der Waals surface area contributed by atoms with Crippen LogP contribution in [0.1, 0.15) is 25.2 Å². The van der Waals surface area contributed by atoms with Gasteiger partial charge in [-0.15, -0.1) is 0 Å². The normalized spacial score (nSPS) is 12.0. The summed E-state index contributed by atoms with van der Waals surface area (Å²) in [4.78, 5) is 17.3. The number of aromatic nitrogens is 2. The molecule has 0 aliphatic rings. The van der Waals surface area contributed by atoms with Gasteiger partial charge in [-0.25, -0.2) is 8.42 Å². The van der Waals surface area contributed by atoms with E-state index in [2.05, 4.69) is 14.7 Å². The van der Waals surface area contributed by atoms with Crippen molar-refractivity contribution in [2.75, 3.05) is 11.1 Å². The summed E-state index contributed by atoms with van der Waals surface area (Å²) in [7, 11) is -3.63. The molecule has 0 aliphatic heterocycles. The van der Waals surface area contributed by atoms with Gasteiger partial charge in [0, 0.05) is 22.5 Å². The fourth-order valence-electron chi connectivity index (χ4n) is 2.55. The largest absolute Gasteiger partial charge is 0.450 e. The van der Waals surface area contributed by atoms with Crippen LogP contribution in [-0.2, 0) is 14.6 Å². The lowest BCUT2D eigenvalue weighted by atomic mass is 10.2. The Hall–Kier alpha value is -2.94. The maximum atomic E-state index is 12.5. The number of sulfone groups is 1. The number of carbonyl (C=O) groups is 1. The van der Waals surface area contributed by atoms with Crippen LogP contribution < -0.4 is 5.32 Å². The first kappa shape index (κ1) is 23.7. The third-order valence-corrected chi connectivity index (χ3v) is 7.47. The van der Waals surface area contributed by atoms with Crippen molar-refractivity contribution in [2.45, 2.75) is 35.9 Å². The van der Waals surface area contributed by atoms with Gasteiger partial charge in [0.1, 0.15) is 17.4 Å². The molecular weight excluding hydrogens is 468 g/mol. The second-order valence-electron chi connectivity index (χ2n) is 7.25. The van der Waals surface area contributed by atoms with Crippen molar-refractivity contribution < 1.29 is 17.6 Å². The molecule has 166 valence electrons. The molecule has 0 bridgehead atoms. The van der Waals surface area contributed by atoms with Crippen molar-refractivity contribution in [3.8, 4) is 6.07 Å². The highest BCUT2D eigenvalue weighted by Crippen LogP contribution is 2.30. The average Bonchev–Trinajstić information content (AvgIpc) is 3.37. The summed E-state index contributed by atoms with van der Waals surface area (Å²) in [5, 5.41) is 12.1. The van der Waals surface area contributed by atoms with Crippen molar-refractivity contribution in [3.05, 3.63) is 53.3 Å². The molecule has 2 aromatic heterocycles. The molecule has 3 rings (SSSR count). The van der Waals surface area contributed by atoms with E-state index >= 15 is 0 Å². The molecule has 0 fully saturated rings. The van der Waals surface area contributed by atoms with E-state index in [4.69, 9.17) is 4.42 Å². The standard InChI is InChI=1S/C21H20N4O4S3/c1-13(2)12-32(27,28)21-24-20(31-25-21)23-19(26)15(11-22)10-16-6-9-18(29-16)30-17-7-4-14(3)5-8-17/h4-10,13H,12H2,1-3H3,(H,23,24,25,26)/b15-10-. The van der Waals surface area contributed by atoms with Crippen LogP contribution >= 0.6 is 23.3 Å². The zero-order valence-electron chi connectivity index (χ0n) is 17.5. The van der Waals surface area contributed by atoms with E-state index in [-0.39, 0.29) is 27.5 Å². The Balaban J connectivity index is 1.69. The summed E-state index contributed by atoms with van der Waals surface area (Å²) in [6, 6.07) is 13.2. The van der Waals surface area contributed by atoms with Crippen molar-refractivity contribution in [1.29, 1.82) is 5.26 Å². The maximum Gasteiger partial charge on any atom is 0.268 e. The highest BCUT2D eigenvalue weighted by Gasteiger charge is 2.23. The molecule has 3 aromatic rings. The van der Waals surface area contributed by atoms with Crippen LogP contribution in [0.3, 0.4) is 0 Å². The van der Waals surface area contributed by atoms with Crippen LogP contribution in [0.25, 0.3) is 6.08 Å². The number of anilines is 1. The van der Waals surface area contributed by atoms with Crippen molar-refractivity contribution in [2.24, 2.45) is 5.92 Å². The second kappa shape index (κ2) is 10.1. The Morgan fingerprint density at radius 1 is 1.28 bits per heavy atom. The molecule has 2 heterocycles. The SMILES string of the molecule is Cc1ccc(Sc2ccc(/C=C(/C#N)C(=O)Nc3nc(S(=O)(=O)CC(C)C)ns3)o2)cc1. The molecule has 0 saturated heterocycles. The first-order chi connectivity index (χ1) is 15.2. The van der Waals surface area contributed by atoms with Gasteiger partial charge < -0.3 is 4.42 Å². The molecule has 11 heteroatoms. The number of amides is 1. The summed E-state index contributed by atoms with van der Waals surface area (Å²) < 4.78 is 33.9. The number of furan rings is 1. The third-order valence-electron chi connectivity index (χ3n) is 3.95. The third kappa shape index (κ3) is 6.29. The fourth-order valence-corrected chi connectivity index (χ4v) is 5.68. The van der Waals surface area contributed by atoms with Crippen LogP contribution in [0.5, 0.6) is 0 Å². The lowest BCUT2D eigenvalue weighted by Crippen LogP contribution is -2.15. The summed E-state index contributed by atoms with van der Waals surface area (Å²) >= 11 is 2.16. The van der Waals surface area contributed by atoms with E-state index in [1.807, 2.05) is 37.3 Å². The van der Waals surface area contributed by atoms with Crippen molar-refractivity contribution in [3.63, 3.8) is 0 Å². The smallest absolute Gasteiger partial charge is 0.268 e. The van der Waals surface area contributed by atoms with Gasteiger partial charge in [-0.3, -0.25) is 10.1 Å². The molecule has 8 nitrogen and oxygen atoms in total. The predicted octanol–water partition coefficient (Wildman–Crippen LogP) is 4.57. The second-order valence-corrected chi connectivity index (χ2v) is 11.0. The lowest BCUT2D eigenvalue weighted by molar-refractivity contribution is -0.112. The van der Waals surface area contributed by atoms with Gasteiger partial charge in [-0.2, -0.15) is 14.6 Å². The minimum Gasteiger partial charge on any atom is -0.450 e. The quantitative estimate of drug-likeness (QED) is 0.361. The molecule has 1 N–H and O–H groups in total. The number of nitrogens with zero attached hydrogens (tertiary/aromatic N) is 3. The van der Waals surface area contributed by atoms with Crippen molar-refractivity contribution in [1.82, 2.24) is 9.36 Å². The monoisotopic (exact) mass is 488 g/mol. The van der Waals surface area contributed by atoms with E-state index in [1.54, 1.807) is 26.0 Å². The number of nitriles is 1. The summed E-state index contributed by atoms with van der Waals surface area (Å²) in [6.07, 6.45) is 1.31. The Labute approximate surface area is 194 Å². The molecule has 0 radical (unpaired) electrons. The minimum atomic E-state index is -3.63. The van der Waals surface area contributed by atoms with E-state index in [1.165, 1.54) is 17.8 Å². The van der Waals surface area contributed by atoms with Gasteiger partial charge in [-0.05, 0) is 37.1 Å². The first-order valence-electron chi connectivity index (χ1n) is 9.50. The Kier molecular flexibility index (Phi) is 7.50. The van der Waals surface area contributed by atoms with Crippen molar-refractivity contribution >= 4 is 50.2 Å². The predicted molar refractivity (Wildman–Crippen MR) is 123 cm³/mol. The van der Waals surface area contributed by atoms with Gasteiger partial charge in [0.15, 0.2) is 5.09 Å². The molecule has 0 saturated carbocycles.